The van der Waals surface area contributed by atoms with Crippen LogP contribution in [0.25, 0.3) is 0 Å². The number of hydrogen-bond acceptors (Lipinski definition) is 1. The van der Waals surface area contributed by atoms with Gasteiger partial charge < -0.3 is 5.32 Å². The summed E-state index contributed by atoms with van der Waals surface area (Å²) in [5.74, 6) is -1.91. The van der Waals surface area contributed by atoms with Crippen molar-refractivity contribution in [2.24, 2.45) is 0 Å². The van der Waals surface area contributed by atoms with E-state index in [1.54, 1.807) is 0 Å². The van der Waals surface area contributed by atoms with Gasteiger partial charge in [0.2, 0.25) is 5.91 Å². The Labute approximate surface area is 94.8 Å². The fourth-order valence-corrected chi connectivity index (χ4v) is 1.38. The molecule has 2 nitrogen and oxygen atoms in total. The molecule has 0 radical (unpaired) electrons. The normalized spacial score (nSPS) is 10.1. The number of carbonyl (C=O) groups excluding carboxylic acids is 1. The fourth-order valence-electron chi connectivity index (χ4n) is 1.02. The molecular formula is C10H10BrF2NO. The number of benzene rings is 1. The molecule has 5 heteroatoms. The van der Waals surface area contributed by atoms with Gasteiger partial charge in [0.05, 0.1) is 0 Å². The minimum absolute atomic E-state index is 0.128. The number of amides is 1. The molecule has 0 unspecified atom stereocenters. The molecule has 0 aromatic heterocycles. The first-order chi connectivity index (χ1) is 7.13. The van der Waals surface area contributed by atoms with Crippen molar-refractivity contribution in [3.63, 3.8) is 0 Å². The predicted octanol–water partition coefficient (Wildman–Crippen LogP) is 2.37. The maximum absolute atomic E-state index is 12.8. The van der Waals surface area contributed by atoms with Crippen LogP contribution < -0.4 is 5.32 Å². The summed E-state index contributed by atoms with van der Waals surface area (Å²) in [6.07, 6.45) is 0.365. The third-order valence-corrected chi connectivity index (χ3v) is 2.19. The molecule has 1 aromatic rings. The zero-order chi connectivity index (χ0) is 11.3. The number of rotatable bonds is 4. The van der Waals surface area contributed by atoms with Crippen LogP contribution in [0.5, 0.6) is 0 Å². The minimum Gasteiger partial charge on any atom is -0.352 e. The van der Waals surface area contributed by atoms with Crippen LogP contribution in [0.15, 0.2) is 18.2 Å². The van der Waals surface area contributed by atoms with Gasteiger partial charge in [0.1, 0.15) is 0 Å². The van der Waals surface area contributed by atoms with Gasteiger partial charge in [0.15, 0.2) is 11.6 Å². The maximum Gasteiger partial charge on any atom is 0.221 e. The third-order valence-electron chi connectivity index (χ3n) is 1.80. The molecule has 15 heavy (non-hydrogen) atoms. The highest BCUT2D eigenvalue weighted by molar-refractivity contribution is 9.09. The van der Waals surface area contributed by atoms with Crippen LogP contribution in [0.2, 0.25) is 0 Å². The Bertz CT molecular complexity index is 357. The van der Waals surface area contributed by atoms with E-state index in [0.29, 0.717) is 17.3 Å². The van der Waals surface area contributed by atoms with Gasteiger partial charge in [-0.3, -0.25) is 4.79 Å². The van der Waals surface area contributed by atoms with Gasteiger partial charge >= 0.3 is 0 Å². The first kappa shape index (κ1) is 12.1. The molecule has 0 fully saturated rings. The molecule has 82 valence electrons. The maximum atomic E-state index is 12.8. The second kappa shape index (κ2) is 5.80. The molecule has 1 aromatic carbocycles. The van der Waals surface area contributed by atoms with Crippen molar-refractivity contribution in [1.82, 2.24) is 5.32 Å². The monoisotopic (exact) mass is 277 g/mol. The topological polar surface area (TPSA) is 29.1 Å². The van der Waals surface area contributed by atoms with Crippen LogP contribution in [0, 0.1) is 11.6 Å². The van der Waals surface area contributed by atoms with Gasteiger partial charge in [0, 0.05) is 18.3 Å². The highest BCUT2D eigenvalue weighted by atomic mass is 79.9. The van der Waals surface area contributed by atoms with Crippen molar-refractivity contribution in [1.29, 1.82) is 0 Å². The lowest BCUT2D eigenvalue weighted by molar-refractivity contribution is -0.120. The summed E-state index contributed by atoms with van der Waals surface area (Å²) in [7, 11) is 0. The van der Waals surface area contributed by atoms with E-state index >= 15 is 0 Å². The zero-order valence-electron chi connectivity index (χ0n) is 7.90. The van der Waals surface area contributed by atoms with Crippen LogP contribution in [0.3, 0.4) is 0 Å². The van der Waals surface area contributed by atoms with E-state index in [1.807, 2.05) is 0 Å². The second-order valence-electron chi connectivity index (χ2n) is 2.96. The smallest absolute Gasteiger partial charge is 0.221 e. The zero-order valence-corrected chi connectivity index (χ0v) is 9.48. The van der Waals surface area contributed by atoms with Crippen LogP contribution in [-0.2, 0) is 11.3 Å². The molecule has 0 atom stereocenters. The molecule has 0 aliphatic heterocycles. The summed E-state index contributed by atoms with van der Waals surface area (Å²) < 4.78 is 25.3. The van der Waals surface area contributed by atoms with E-state index < -0.39 is 11.6 Å². The SMILES string of the molecule is O=C(CCBr)NCc1ccc(F)c(F)c1. The second-order valence-corrected chi connectivity index (χ2v) is 3.76. The molecule has 0 spiro atoms. The van der Waals surface area contributed by atoms with E-state index in [4.69, 9.17) is 0 Å². The third kappa shape index (κ3) is 3.95. The number of nitrogens with one attached hydrogen (secondary N) is 1. The fraction of sp³-hybridized carbons (Fsp3) is 0.300. The summed E-state index contributed by atoms with van der Waals surface area (Å²) in [5, 5.41) is 3.17. The Hall–Kier alpha value is -0.970. The average molecular weight is 278 g/mol. The number of hydrogen-bond donors (Lipinski definition) is 1. The molecule has 1 N–H and O–H groups in total. The highest BCUT2D eigenvalue weighted by Gasteiger charge is 2.04. The molecule has 1 rings (SSSR count). The molecule has 0 aliphatic rings. The van der Waals surface area contributed by atoms with Crippen molar-refractivity contribution in [3.8, 4) is 0 Å². The molecule has 1 amide bonds. The number of alkyl halides is 1. The minimum atomic E-state index is -0.901. The number of carbonyl (C=O) groups is 1. The average Bonchev–Trinajstić information content (AvgIpc) is 2.20. The molecule has 0 bridgehead atoms. The Balaban J connectivity index is 2.51. The van der Waals surface area contributed by atoms with Crippen molar-refractivity contribution in [2.45, 2.75) is 13.0 Å². The summed E-state index contributed by atoms with van der Waals surface area (Å²) in [5.41, 5.74) is 0.539. The van der Waals surface area contributed by atoms with Crippen molar-refractivity contribution >= 4 is 21.8 Å². The van der Waals surface area contributed by atoms with Crippen LogP contribution in [0.1, 0.15) is 12.0 Å². The van der Waals surface area contributed by atoms with E-state index in [9.17, 15) is 13.6 Å². The Morgan fingerprint density at radius 1 is 1.33 bits per heavy atom. The lowest BCUT2D eigenvalue weighted by Crippen LogP contribution is -2.22. The largest absolute Gasteiger partial charge is 0.352 e. The summed E-state index contributed by atoms with van der Waals surface area (Å²) in [6, 6.07) is 3.55. The van der Waals surface area contributed by atoms with Gasteiger partial charge in [-0.05, 0) is 17.7 Å². The standard InChI is InChI=1S/C10H10BrF2NO/c11-4-3-10(15)14-6-7-1-2-8(12)9(13)5-7/h1-2,5H,3-4,6H2,(H,14,15). The molecule has 0 heterocycles. The van der Waals surface area contributed by atoms with E-state index in [-0.39, 0.29) is 12.5 Å². The van der Waals surface area contributed by atoms with Crippen molar-refractivity contribution in [3.05, 3.63) is 35.4 Å². The van der Waals surface area contributed by atoms with Crippen LogP contribution >= 0.6 is 15.9 Å². The van der Waals surface area contributed by atoms with Gasteiger partial charge in [-0.25, -0.2) is 8.78 Å². The predicted molar refractivity (Wildman–Crippen MR) is 56.6 cm³/mol. The lowest BCUT2D eigenvalue weighted by Gasteiger charge is -2.04. The summed E-state index contributed by atoms with van der Waals surface area (Å²) >= 11 is 3.13. The summed E-state index contributed by atoms with van der Waals surface area (Å²) in [6.45, 7) is 0.211. The van der Waals surface area contributed by atoms with Gasteiger partial charge in [0.25, 0.3) is 0 Å². The van der Waals surface area contributed by atoms with Crippen molar-refractivity contribution < 1.29 is 13.6 Å². The van der Waals surface area contributed by atoms with Gasteiger partial charge in [-0.1, -0.05) is 22.0 Å². The van der Waals surface area contributed by atoms with Crippen LogP contribution in [0.4, 0.5) is 8.78 Å². The van der Waals surface area contributed by atoms with Crippen molar-refractivity contribution in [2.75, 3.05) is 5.33 Å². The van der Waals surface area contributed by atoms with Gasteiger partial charge in [-0.2, -0.15) is 0 Å². The van der Waals surface area contributed by atoms with Gasteiger partial charge in [-0.15, -0.1) is 0 Å². The van der Waals surface area contributed by atoms with E-state index in [2.05, 4.69) is 21.2 Å². The van der Waals surface area contributed by atoms with E-state index in [0.717, 1.165) is 12.1 Å². The van der Waals surface area contributed by atoms with E-state index in [1.165, 1.54) is 6.07 Å². The molecule has 0 saturated heterocycles. The van der Waals surface area contributed by atoms with Crippen LogP contribution in [-0.4, -0.2) is 11.2 Å². The first-order valence-corrected chi connectivity index (χ1v) is 5.52. The molecule has 0 aliphatic carbocycles. The Morgan fingerprint density at radius 3 is 2.67 bits per heavy atom. The Kier molecular flexibility index (Phi) is 4.68. The lowest BCUT2D eigenvalue weighted by atomic mass is 10.2. The highest BCUT2D eigenvalue weighted by Crippen LogP contribution is 2.08. The summed E-state index contributed by atoms with van der Waals surface area (Å²) in [4.78, 5) is 11.1. The molecule has 0 saturated carbocycles. The number of halogens is 3. The Morgan fingerprint density at radius 2 is 2.07 bits per heavy atom. The molecular weight excluding hydrogens is 268 g/mol. The first-order valence-electron chi connectivity index (χ1n) is 4.40. The quantitative estimate of drug-likeness (QED) is 0.842.